The monoisotopic (exact) mass is 420 g/mol. The largest absolute Gasteiger partial charge is 0.468 e. The number of halogens is 6. The van der Waals surface area contributed by atoms with Gasteiger partial charge in [0.15, 0.2) is 16.6 Å². The number of aryl methyl sites for hydroxylation is 1. The minimum absolute atomic E-state index is 0.100. The van der Waals surface area contributed by atoms with E-state index in [1.807, 2.05) is 0 Å². The molecular weight excluding hydrogens is 410 g/mol. The first-order valence-corrected chi connectivity index (χ1v) is 8.39. The van der Waals surface area contributed by atoms with Gasteiger partial charge in [0.1, 0.15) is 4.88 Å². The van der Waals surface area contributed by atoms with E-state index in [0.29, 0.717) is 4.68 Å². The Hall–Kier alpha value is -1.96. The maximum atomic E-state index is 13.1. The molecule has 2 rings (SSSR count). The highest BCUT2D eigenvalue weighted by Crippen LogP contribution is 2.39. The molecule has 2 aromatic rings. The fraction of sp³-hybridized carbons (Fsp3) is 0.417. The molecule has 0 saturated carbocycles. The van der Waals surface area contributed by atoms with Gasteiger partial charge in [0.05, 0.1) is 11.8 Å². The zero-order chi connectivity index (χ0) is 19.7. The van der Waals surface area contributed by atoms with Crippen LogP contribution in [0.3, 0.4) is 0 Å². The minimum atomic E-state index is -4.88. The van der Waals surface area contributed by atoms with Crippen molar-refractivity contribution in [2.75, 3.05) is 6.61 Å². The second-order valence-corrected chi connectivity index (χ2v) is 7.05. The van der Waals surface area contributed by atoms with Crippen molar-refractivity contribution in [3.05, 3.63) is 22.3 Å². The normalized spacial score (nSPS) is 12.4. The van der Waals surface area contributed by atoms with E-state index in [9.17, 15) is 31.1 Å². The molecule has 0 aliphatic carbocycles. The molecule has 1 amide bonds. The molecule has 0 aliphatic heterocycles. The van der Waals surface area contributed by atoms with Crippen molar-refractivity contribution >= 4 is 29.0 Å². The predicted octanol–water partition coefficient (Wildman–Crippen LogP) is 3.23. The molecule has 0 aromatic carbocycles. The van der Waals surface area contributed by atoms with Crippen LogP contribution in [0.25, 0.3) is 0 Å². The summed E-state index contributed by atoms with van der Waals surface area (Å²) in [6.45, 7) is -1.76. The van der Waals surface area contributed by atoms with Crippen LogP contribution in [0.15, 0.2) is 10.5 Å². The Morgan fingerprint density at radius 3 is 2.50 bits per heavy atom. The average Bonchev–Trinajstić information content (AvgIpc) is 3.06. The number of rotatable bonds is 6. The standard InChI is InChI=1S/C12H10F6N4O2S2/c1-22-9(24-4-11(13,14)15)5(7(21-22)12(16,17)18)3-25-10-20-2-6(26-10)8(19)23/h2H,3-4H2,1H3,(H2,19,23). The number of alkyl halides is 6. The summed E-state index contributed by atoms with van der Waals surface area (Å²) in [5, 5.41) is 3.22. The zero-order valence-corrected chi connectivity index (χ0v) is 14.4. The SMILES string of the molecule is Cn1nc(C(F)(F)F)c(CSc2ncc(C(N)=O)s2)c1OCC(F)(F)F. The summed E-state index contributed by atoms with van der Waals surface area (Å²) in [6.07, 6.45) is -8.45. The van der Waals surface area contributed by atoms with Crippen molar-refractivity contribution in [2.45, 2.75) is 22.4 Å². The zero-order valence-electron chi connectivity index (χ0n) is 12.8. The highest BCUT2D eigenvalue weighted by atomic mass is 32.2. The molecule has 144 valence electrons. The van der Waals surface area contributed by atoms with Crippen molar-refractivity contribution in [2.24, 2.45) is 12.8 Å². The fourth-order valence-corrected chi connectivity index (χ4v) is 3.65. The van der Waals surface area contributed by atoms with Crippen LogP contribution < -0.4 is 10.5 Å². The summed E-state index contributed by atoms with van der Waals surface area (Å²) in [5.41, 5.74) is 3.16. The Bertz CT molecular complexity index is 799. The van der Waals surface area contributed by atoms with Gasteiger partial charge in [-0.2, -0.15) is 31.4 Å². The number of amides is 1. The molecule has 26 heavy (non-hydrogen) atoms. The number of carbonyl (C=O) groups is 1. The molecule has 2 N–H and O–H groups in total. The van der Waals surface area contributed by atoms with Gasteiger partial charge in [-0.05, 0) is 0 Å². The van der Waals surface area contributed by atoms with Gasteiger partial charge in [0.25, 0.3) is 5.91 Å². The van der Waals surface area contributed by atoms with Crippen molar-refractivity contribution in [1.29, 1.82) is 0 Å². The number of nitrogens with zero attached hydrogens (tertiary/aromatic N) is 3. The van der Waals surface area contributed by atoms with Crippen LogP contribution in [0.4, 0.5) is 26.3 Å². The highest BCUT2D eigenvalue weighted by molar-refractivity contribution is 8.00. The van der Waals surface area contributed by atoms with Crippen LogP contribution in [-0.4, -0.2) is 33.5 Å². The first-order chi connectivity index (χ1) is 11.9. The number of hydrogen-bond acceptors (Lipinski definition) is 6. The van der Waals surface area contributed by atoms with Gasteiger partial charge in [0, 0.05) is 12.8 Å². The molecule has 0 fully saturated rings. The maximum absolute atomic E-state index is 13.1. The van der Waals surface area contributed by atoms with Crippen molar-refractivity contribution in [1.82, 2.24) is 14.8 Å². The molecule has 0 radical (unpaired) electrons. The third-order valence-electron chi connectivity index (χ3n) is 2.80. The van der Waals surface area contributed by atoms with Gasteiger partial charge in [0.2, 0.25) is 5.88 Å². The topological polar surface area (TPSA) is 83.0 Å². The molecule has 0 aliphatic rings. The number of ether oxygens (including phenoxy) is 1. The van der Waals surface area contributed by atoms with Crippen LogP contribution in [0.1, 0.15) is 20.9 Å². The molecule has 6 nitrogen and oxygen atoms in total. The molecule has 2 aromatic heterocycles. The molecule has 2 heterocycles. The number of thiazole rings is 1. The highest BCUT2D eigenvalue weighted by Gasteiger charge is 2.40. The molecule has 14 heteroatoms. The average molecular weight is 420 g/mol. The van der Waals surface area contributed by atoms with E-state index < -0.39 is 47.8 Å². The van der Waals surface area contributed by atoms with Crippen LogP contribution in [-0.2, 0) is 19.0 Å². The van der Waals surface area contributed by atoms with Gasteiger partial charge in [-0.25, -0.2) is 9.67 Å². The van der Waals surface area contributed by atoms with Gasteiger partial charge < -0.3 is 10.5 Å². The Morgan fingerprint density at radius 1 is 1.35 bits per heavy atom. The molecule has 0 saturated heterocycles. The second-order valence-electron chi connectivity index (χ2n) is 4.80. The van der Waals surface area contributed by atoms with E-state index in [1.165, 1.54) is 0 Å². The molecule has 0 spiro atoms. The van der Waals surface area contributed by atoms with Crippen molar-refractivity contribution < 1.29 is 35.9 Å². The second kappa shape index (κ2) is 7.34. The summed E-state index contributed by atoms with van der Waals surface area (Å²) in [6, 6.07) is 0. The van der Waals surface area contributed by atoms with Gasteiger partial charge in [-0.1, -0.05) is 11.8 Å². The van der Waals surface area contributed by atoms with Crippen LogP contribution in [0.5, 0.6) is 5.88 Å². The molecule has 0 unspecified atom stereocenters. The quantitative estimate of drug-likeness (QED) is 0.573. The number of nitrogens with two attached hydrogens (primary N) is 1. The lowest BCUT2D eigenvalue weighted by Crippen LogP contribution is -2.20. The van der Waals surface area contributed by atoms with Gasteiger partial charge in [-0.15, -0.1) is 11.3 Å². The fourth-order valence-electron chi connectivity index (χ4n) is 1.81. The summed E-state index contributed by atoms with van der Waals surface area (Å²) in [4.78, 5) is 14.9. The number of hydrogen-bond donors (Lipinski definition) is 1. The van der Waals surface area contributed by atoms with E-state index >= 15 is 0 Å². The number of carbonyl (C=O) groups excluding carboxylic acids is 1. The van der Waals surface area contributed by atoms with Crippen LogP contribution in [0.2, 0.25) is 0 Å². The molecule has 0 atom stereocenters. The summed E-state index contributed by atoms with van der Waals surface area (Å²) in [5.74, 6) is -1.81. The van der Waals surface area contributed by atoms with Gasteiger partial charge >= 0.3 is 12.4 Å². The first kappa shape index (κ1) is 20.4. The molecule has 0 bridgehead atoms. The number of thioether (sulfide) groups is 1. The van der Waals surface area contributed by atoms with E-state index in [1.54, 1.807) is 0 Å². The van der Waals surface area contributed by atoms with E-state index in [-0.39, 0.29) is 9.22 Å². The van der Waals surface area contributed by atoms with E-state index in [2.05, 4.69) is 14.8 Å². The minimum Gasteiger partial charge on any atom is -0.468 e. The van der Waals surface area contributed by atoms with Crippen molar-refractivity contribution in [3.8, 4) is 5.88 Å². The third kappa shape index (κ3) is 5.03. The Balaban J connectivity index is 2.29. The molecular formula is C12H10F6N4O2S2. The van der Waals surface area contributed by atoms with Crippen LogP contribution in [0, 0.1) is 0 Å². The Morgan fingerprint density at radius 2 is 2.00 bits per heavy atom. The lowest BCUT2D eigenvalue weighted by molar-refractivity contribution is -0.154. The summed E-state index contributed by atoms with van der Waals surface area (Å²) in [7, 11) is 1.05. The lowest BCUT2D eigenvalue weighted by Gasteiger charge is -2.11. The lowest BCUT2D eigenvalue weighted by atomic mass is 10.2. The van der Waals surface area contributed by atoms with Gasteiger partial charge in [-0.3, -0.25) is 4.79 Å². The predicted molar refractivity (Wildman–Crippen MR) is 80.0 cm³/mol. The summed E-state index contributed by atoms with van der Waals surface area (Å²) >= 11 is 1.64. The number of aromatic nitrogens is 3. The van der Waals surface area contributed by atoms with Crippen LogP contribution >= 0.6 is 23.1 Å². The van der Waals surface area contributed by atoms with E-state index in [0.717, 1.165) is 36.3 Å². The number of primary amides is 1. The Kier molecular flexibility index (Phi) is 5.75. The Labute approximate surface area is 150 Å². The summed E-state index contributed by atoms with van der Waals surface area (Å²) < 4.78 is 81.7. The smallest absolute Gasteiger partial charge is 0.435 e. The first-order valence-electron chi connectivity index (χ1n) is 6.59. The van der Waals surface area contributed by atoms with E-state index in [4.69, 9.17) is 5.73 Å². The maximum Gasteiger partial charge on any atom is 0.435 e. The van der Waals surface area contributed by atoms with Crippen molar-refractivity contribution in [3.63, 3.8) is 0 Å². The third-order valence-corrected chi connectivity index (χ3v) is 4.99.